The Kier molecular flexibility index (Phi) is 5.32. The Morgan fingerprint density at radius 3 is 3.00 bits per heavy atom. The standard InChI is InChI=1S/C12H17BrN2O3S/c13-9-12-10-18-7-6-15(12)19(16,17)8-4-11-3-1-2-5-14-11/h1-3,5,12H,4,6-10H2. The molecule has 1 atom stereocenters. The number of hydrogen-bond donors (Lipinski definition) is 0. The zero-order chi connectivity index (χ0) is 13.7. The molecule has 5 nitrogen and oxygen atoms in total. The summed E-state index contributed by atoms with van der Waals surface area (Å²) in [7, 11) is -3.26. The van der Waals surface area contributed by atoms with Crippen LogP contribution in [0.1, 0.15) is 5.69 Å². The van der Waals surface area contributed by atoms with Crippen LogP contribution < -0.4 is 0 Å². The minimum Gasteiger partial charge on any atom is -0.378 e. The number of ether oxygens (including phenoxy) is 1. The van der Waals surface area contributed by atoms with Gasteiger partial charge in [0.2, 0.25) is 10.0 Å². The van der Waals surface area contributed by atoms with Crippen molar-refractivity contribution in [1.82, 2.24) is 9.29 Å². The maximum atomic E-state index is 12.3. The molecule has 1 saturated heterocycles. The van der Waals surface area contributed by atoms with Crippen LogP contribution in [0.2, 0.25) is 0 Å². The van der Waals surface area contributed by atoms with Crippen LogP contribution in [0.15, 0.2) is 24.4 Å². The van der Waals surface area contributed by atoms with Crippen LogP contribution in [0.3, 0.4) is 0 Å². The van der Waals surface area contributed by atoms with Gasteiger partial charge in [-0.15, -0.1) is 0 Å². The van der Waals surface area contributed by atoms with Gasteiger partial charge >= 0.3 is 0 Å². The molecular formula is C12H17BrN2O3S. The fraction of sp³-hybridized carbons (Fsp3) is 0.583. The minimum absolute atomic E-state index is 0.0908. The maximum absolute atomic E-state index is 12.3. The van der Waals surface area contributed by atoms with E-state index in [9.17, 15) is 8.42 Å². The number of alkyl halides is 1. The zero-order valence-corrected chi connectivity index (χ0v) is 12.9. The molecule has 0 spiro atoms. The number of sulfonamides is 1. The third-order valence-corrected chi connectivity index (χ3v) is 5.71. The Labute approximate surface area is 122 Å². The van der Waals surface area contributed by atoms with Gasteiger partial charge in [-0.1, -0.05) is 22.0 Å². The Bertz CT molecular complexity index is 495. The van der Waals surface area contributed by atoms with Crippen LogP contribution in [0.25, 0.3) is 0 Å². The summed E-state index contributed by atoms with van der Waals surface area (Å²) < 4.78 is 31.6. The second-order valence-corrected chi connectivity index (χ2v) is 7.07. The number of hydrogen-bond acceptors (Lipinski definition) is 4. The Morgan fingerprint density at radius 2 is 2.32 bits per heavy atom. The number of morpholine rings is 1. The van der Waals surface area contributed by atoms with E-state index in [1.54, 1.807) is 10.5 Å². The lowest BCUT2D eigenvalue weighted by molar-refractivity contribution is 0.0413. The molecule has 1 aromatic heterocycles. The molecule has 0 aromatic carbocycles. The molecule has 1 aliphatic heterocycles. The van der Waals surface area contributed by atoms with Gasteiger partial charge in [0, 0.05) is 30.2 Å². The van der Waals surface area contributed by atoms with E-state index in [-0.39, 0.29) is 11.8 Å². The smallest absolute Gasteiger partial charge is 0.214 e. The van der Waals surface area contributed by atoms with Gasteiger partial charge < -0.3 is 4.74 Å². The van der Waals surface area contributed by atoms with Crippen molar-refractivity contribution in [3.8, 4) is 0 Å². The van der Waals surface area contributed by atoms with Gasteiger partial charge in [0.05, 0.1) is 25.0 Å². The lowest BCUT2D eigenvalue weighted by atomic mass is 10.3. The third-order valence-electron chi connectivity index (χ3n) is 3.05. The number of rotatable bonds is 5. The molecule has 0 bridgehead atoms. The molecule has 1 unspecified atom stereocenters. The highest BCUT2D eigenvalue weighted by atomic mass is 79.9. The van der Waals surface area contributed by atoms with E-state index in [0.717, 1.165) is 5.69 Å². The number of nitrogens with zero attached hydrogens (tertiary/aromatic N) is 2. The summed E-state index contributed by atoms with van der Waals surface area (Å²) in [5.41, 5.74) is 0.801. The van der Waals surface area contributed by atoms with Crippen molar-refractivity contribution in [2.45, 2.75) is 12.5 Å². The first kappa shape index (κ1) is 14.9. The quantitative estimate of drug-likeness (QED) is 0.746. The first-order valence-corrected chi connectivity index (χ1v) is 8.89. The number of halogens is 1. The highest BCUT2D eigenvalue weighted by Crippen LogP contribution is 2.15. The molecule has 0 N–H and O–H groups in total. The van der Waals surface area contributed by atoms with Crippen molar-refractivity contribution in [2.75, 3.05) is 30.8 Å². The topological polar surface area (TPSA) is 59.5 Å². The molecule has 106 valence electrons. The normalized spacial score (nSPS) is 21.4. The molecular weight excluding hydrogens is 332 g/mol. The predicted molar refractivity (Wildman–Crippen MR) is 76.8 cm³/mol. The summed E-state index contributed by atoms with van der Waals surface area (Å²) >= 11 is 3.34. The number of pyridine rings is 1. The fourth-order valence-electron chi connectivity index (χ4n) is 2.02. The van der Waals surface area contributed by atoms with Crippen LogP contribution in [-0.2, 0) is 21.2 Å². The Balaban J connectivity index is 2.01. The molecule has 1 aromatic rings. The summed E-state index contributed by atoms with van der Waals surface area (Å²) in [4.78, 5) is 4.15. The largest absolute Gasteiger partial charge is 0.378 e. The minimum atomic E-state index is -3.26. The molecule has 19 heavy (non-hydrogen) atoms. The van der Waals surface area contributed by atoms with Crippen LogP contribution in [0.4, 0.5) is 0 Å². The maximum Gasteiger partial charge on any atom is 0.214 e. The summed E-state index contributed by atoms with van der Waals surface area (Å²) in [5.74, 6) is 0.0908. The molecule has 0 amide bonds. The van der Waals surface area contributed by atoms with E-state index in [1.165, 1.54) is 0 Å². The van der Waals surface area contributed by atoms with Crippen LogP contribution in [0.5, 0.6) is 0 Å². The number of aromatic nitrogens is 1. The van der Waals surface area contributed by atoms with Crippen molar-refractivity contribution in [3.63, 3.8) is 0 Å². The van der Waals surface area contributed by atoms with Crippen molar-refractivity contribution in [3.05, 3.63) is 30.1 Å². The fourth-order valence-corrected chi connectivity index (χ4v) is 4.40. The summed E-state index contributed by atoms with van der Waals surface area (Å²) in [5, 5.41) is 0.593. The van der Waals surface area contributed by atoms with Crippen molar-refractivity contribution in [1.29, 1.82) is 0 Å². The molecule has 7 heteroatoms. The van der Waals surface area contributed by atoms with E-state index in [1.807, 2.05) is 18.2 Å². The Morgan fingerprint density at radius 1 is 1.47 bits per heavy atom. The van der Waals surface area contributed by atoms with Gasteiger partial charge in [0.1, 0.15) is 0 Å². The second-order valence-electron chi connectivity index (χ2n) is 4.38. The van der Waals surface area contributed by atoms with E-state index in [2.05, 4.69) is 20.9 Å². The predicted octanol–water partition coefficient (Wildman–Crippen LogP) is 1.05. The highest BCUT2D eigenvalue weighted by Gasteiger charge is 2.31. The summed E-state index contributed by atoms with van der Waals surface area (Å²) in [6.07, 6.45) is 2.12. The summed E-state index contributed by atoms with van der Waals surface area (Å²) in [6.45, 7) is 1.35. The average molecular weight is 349 g/mol. The van der Waals surface area contributed by atoms with E-state index in [0.29, 0.717) is 31.5 Å². The molecule has 2 heterocycles. The lowest BCUT2D eigenvalue weighted by Crippen LogP contribution is -2.50. The third kappa shape index (κ3) is 3.98. The van der Waals surface area contributed by atoms with Gasteiger partial charge in [-0.25, -0.2) is 8.42 Å². The average Bonchev–Trinajstić information content (AvgIpc) is 2.46. The van der Waals surface area contributed by atoms with Crippen LogP contribution in [-0.4, -0.2) is 54.6 Å². The molecule has 0 saturated carbocycles. The molecule has 0 radical (unpaired) electrons. The van der Waals surface area contributed by atoms with E-state index in [4.69, 9.17) is 4.74 Å². The number of aryl methyl sites for hydroxylation is 1. The van der Waals surface area contributed by atoms with E-state index < -0.39 is 10.0 Å². The highest BCUT2D eigenvalue weighted by molar-refractivity contribution is 9.09. The Hall–Kier alpha value is -0.500. The first-order chi connectivity index (χ1) is 9.13. The lowest BCUT2D eigenvalue weighted by Gasteiger charge is -2.33. The van der Waals surface area contributed by atoms with Gasteiger partial charge in [0.25, 0.3) is 0 Å². The molecule has 0 aliphatic carbocycles. The SMILES string of the molecule is O=S(=O)(CCc1ccccn1)N1CCOCC1CBr. The first-order valence-electron chi connectivity index (χ1n) is 6.16. The zero-order valence-electron chi connectivity index (χ0n) is 10.5. The van der Waals surface area contributed by atoms with Gasteiger partial charge in [-0.05, 0) is 12.1 Å². The second kappa shape index (κ2) is 6.78. The molecule has 2 rings (SSSR count). The van der Waals surface area contributed by atoms with Crippen molar-refractivity contribution >= 4 is 26.0 Å². The van der Waals surface area contributed by atoms with Crippen LogP contribution in [0, 0.1) is 0 Å². The summed E-state index contributed by atoms with van der Waals surface area (Å²) in [6, 6.07) is 5.42. The van der Waals surface area contributed by atoms with Gasteiger partial charge in [-0.2, -0.15) is 4.31 Å². The van der Waals surface area contributed by atoms with Gasteiger partial charge in [0.15, 0.2) is 0 Å². The monoisotopic (exact) mass is 348 g/mol. The van der Waals surface area contributed by atoms with Crippen molar-refractivity contribution in [2.24, 2.45) is 0 Å². The van der Waals surface area contributed by atoms with E-state index >= 15 is 0 Å². The van der Waals surface area contributed by atoms with Crippen molar-refractivity contribution < 1.29 is 13.2 Å². The van der Waals surface area contributed by atoms with Gasteiger partial charge in [-0.3, -0.25) is 4.98 Å². The molecule has 1 aliphatic rings. The van der Waals surface area contributed by atoms with Crippen LogP contribution >= 0.6 is 15.9 Å². The molecule has 1 fully saturated rings.